The Labute approximate surface area is 300 Å². The van der Waals surface area contributed by atoms with Crippen LogP contribution in [0.3, 0.4) is 0 Å². The topological polar surface area (TPSA) is 102 Å². The zero-order valence-corrected chi connectivity index (χ0v) is 30.9. The van der Waals surface area contributed by atoms with Crippen molar-refractivity contribution in [3.05, 3.63) is 93.8 Å². The standard InChI is InChI=1S/C39H47ClN4O5S/c1-25-10-14-32-27(17-25)8-6-16-39(32)23-44-21-29-11-13-31(29)34(48-4)9-5-7-26(2)22-50(47,42-38(46)30-19-36(40)43(3)20-30)41-37(45)28-12-15-35(49-24-39)33(44)18-28/h5,9-10,12,14-15,17-20,26,29,31,34H,6-8,11,13,16,21-24H2,1-4H3,(H,41,42,45,46,47)/b9-5+/t26-,29-,31+,34-,39-,50?/m0/s1. The van der Waals surface area contributed by atoms with E-state index in [0.29, 0.717) is 35.6 Å². The van der Waals surface area contributed by atoms with Gasteiger partial charge < -0.3 is 18.9 Å². The molecular formula is C39H47ClN4O5S. The molecule has 2 aliphatic carbocycles. The molecule has 6 atom stereocenters. The molecule has 7 rings (SSSR count). The highest BCUT2D eigenvalue weighted by molar-refractivity contribution is 7.92. The largest absolute Gasteiger partial charge is 0.490 e. The minimum atomic E-state index is -3.53. The van der Waals surface area contributed by atoms with Crippen LogP contribution in [-0.4, -0.2) is 59.3 Å². The van der Waals surface area contributed by atoms with Crippen molar-refractivity contribution in [1.29, 1.82) is 0 Å². The van der Waals surface area contributed by atoms with Crippen molar-refractivity contribution in [3.63, 3.8) is 0 Å². The molecule has 3 aromatic rings. The third-order valence-electron chi connectivity index (χ3n) is 11.2. The summed E-state index contributed by atoms with van der Waals surface area (Å²) in [6, 6.07) is 13.7. The number of aryl methyl sites for hydroxylation is 3. The van der Waals surface area contributed by atoms with Gasteiger partial charge in [-0.1, -0.05) is 54.4 Å². The SMILES string of the molecule is CO[C@H]1/C=C/C[C@H](C)CS(=O)(NC(=O)c2cc(Cl)n(C)c2)=NC(=O)c2ccc3c(c2)N(C[C@@H]2CC[C@H]21)C[C@@]1(CCCc2cc(C)ccc21)CO3. The number of allylic oxidation sites excluding steroid dienone is 1. The molecule has 0 saturated heterocycles. The van der Waals surface area contributed by atoms with Gasteiger partial charge in [0.05, 0.1) is 29.7 Å². The molecule has 50 heavy (non-hydrogen) atoms. The van der Waals surface area contributed by atoms with Crippen LogP contribution < -0.4 is 14.4 Å². The average Bonchev–Trinajstić information content (AvgIpc) is 3.33. The third kappa shape index (κ3) is 6.86. The molecule has 266 valence electrons. The van der Waals surface area contributed by atoms with Gasteiger partial charge in [-0.15, -0.1) is 4.36 Å². The van der Waals surface area contributed by atoms with Crippen LogP contribution in [0.4, 0.5) is 5.69 Å². The first-order chi connectivity index (χ1) is 24.0. The molecule has 1 unspecified atom stereocenters. The lowest BCUT2D eigenvalue weighted by Crippen LogP contribution is -2.49. The van der Waals surface area contributed by atoms with Crippen LogP contribution in [0.15, 0.2) is 65.2 Å². The van der Waals surface area contributed by atoms with Gasteiger partial charge in [0.25, 0.3) is 11.8 Å². The van der Waals surface area contributed by atoms with E-state index in [1.54, 1.807) is 31.0 Å². The van der Waals surface area contributed by atoms with Crippen LogP contribution in [0.25, 0.3) is 0 Å². The molecule has 2 amide bonds. The maximum absolute atomic E-state index is 14.5. The number of nitrogens with one attached hydrogen (secondary N) is 1. The van der Waals surface area contributed by atoms with E-state index in [4.69, 9.17) is 21.1 Å². The number of ether oxygens (including phenoxy) is 2. The number of aromatic nitrogens is 1. The summed E-state index contributed by atoms with van der Waals surface area (Å²) < 4.78 is 35.7. The number of fused-ring (bicyclic) bond motifs is 4. The summed E-state index contributed by atoms with van der Waals surface area (Å²) in [5.74, 6) is 0.0941. The Hall–Kier alpha value is -3.60. The molecule has 1 spiro atoms. The summed E-state index contributed by atoms with van der Waals surface area (Å²) in [6.45, 7) is 6.20. The molecular weight excluding hydrogens is 672 g/mol. The van der Waals surface area contributed by atoms with E-state index in [1.807, 2.05) is 19.1 Å². The predicted molar refractivity (Wildman–Crippen MR) is 198 cm³/mol. The lowest BCUT2D eigenvalue weighted by Gasteiger charge is -2.46. The zero-order valence-electron chi connectivity index (χ0n) is 29.3. The highest BCUT2D eigenvalue weighted by Gasteiger charge is 2.44. The van der Waals surface area contributed by atoms with Crippen molar-refractivity contribution in [2.45, 2.75) is 63.9 Å². The Morgan fingerprint density at radius 1 is 1.18 bits per heavy atom. The highest BCUT2D eigenvalue weighted by Crippen LogP contribution is 2.47. The second-order valence-corrected chi connectivity index (χ2v) is 17.3. The quantitative estimate of drug-likeness (QED) is 0.292. The third-order valence-corrected chi connectivity index (χ3v) is 13.5. The molecule has 1 fully saturated rings. The molecule has 1 aromatic heterocycles. The second-order valence-electron chi connectivity index (χ2n) is 14.9. The molecule has 2 aromatic carbocycles. The lowest BCUT2D eigenvalue weighted by molar-refractivity contribution is 0.0131. The summed E-state index contributed by atoms with van der Waals surface area (Å²) >= 11 is 6.19. The lowest BCUT2D eigenvalue weighted by atomic mass is 9.68. The molecule has 1 saturated carbocycles. The monoisotopic (exact) mass is 718 g/mol. The number of halogens is 1. The summed E-state index contributed by atoms with van der Waals surface area (Å²) in [5.41, 5.74) is 5.19. The van der Waals surface area contributed by atoms with E-state index in [-0.39, 0.29) is 28.8 Å². The fraction of sp³-hybridized carbons (Fsp3) is 0.487. The predicted octanol–water partition coefficient (Wildman–Crippen LogP) is 7.05. The first kappa shape index (κ1) is 34.8. The van der Waals surface area contributed by atoms with Crippen molar-refractivity contribution in [3.8, 4) is 5.75 Å². The fourth-order valence-corrected chi connectivity index (χ4v) is 10.5. The van der Waals surface area contributed by atoms with Crippen molar-refractivity contribution in [2.24, 2.45) is 29.2 Å². The van der Waals surface area contributed by atoms with Crippen LogP contribution >= 0.6 is 11.6 Å². The minimum Gasteiger partial charge on any atom is -0.490 e. The number of nitrogens with zero attached hydrogens (tertiary/aromatic N) is 3. The van der Waals surface area contributed by atoms with Gasteiger partial charge in [0, 0.05) is 44.4 Å². The van der Waals surface area contributed by atoms with Gasteiger partial charge in [0.2, 0.25) is 0 Å². The van der Waals surface area contributed by atoms with Gasteiger partial charge in [0.15, 0.2) is 0 Å². The van der Waals surface area contributed by atoms with Crippen LogP contribution in [0.5, 0.6) is 5.75 Å². The first-order valence-corrected chi connectivity index (χ1v) is 19.8. The molecule has 9 nitrogen and oxygen atoms in total. The Morgan fingerprint density at radius 2 is 2.02 bits per heavy atom. The maximum Gasteiger partial charge on any atom is 0.286 e. The minimum absolute atomic E-state index is 0.000663. The number of methoxy groups -OCH3 is 1. The van der Waals surface area contributed by atoms with Crippen LogP contribution in [0, 0.1) is 24.7 Å². The van der Waals surface area contributed by atoms with E-state index in [9.17, 15) is 13.8 Å². The number of rotatable bonds is 3. The van der Waals surface area contributed by atoms with E-state index in [0.717, 1.165) is 56.6 Å². The first-order valence-electron chi connectivity index (χ1n) is 17.7. The molecule has 4 aliphatic rings. The summed E-state index contributed by atoms with van der Waals surface area (Å²) in [6.07, 6.45) is 11.7. The van der Waals surface area contributed by atoms with Crippen LogP contribution in [0.1, 0.15) is 76.4 Å². The number of carbonyl (C=O) groups excluding carboxylic acids is 2. The Kier molecular flexibility index (Phi) is 9.65. The second kappa shape index (κ2) is 13.8. The van der Waals surface area contributed by atoms with Crippen LogP contribution in [0.2, 0.25) is 5.15 Å². The van der Waals surface area contributed by atoms with E-state index in [2.05, 4.69) is 51.3 Å². The van der Waals surface area contributed by atoms with Gasteiger partial charge in [-0.2, -0.15) is 0 Å². The fourth-order valence-electron chi connectivity index (χ4n) is 8.39. The Balaban J connectivity index is 1.30. The van der Waals surface area contributed by atoms with Crippen molar-refractivity contribution < 1.29 is 23.3 Å². The number of benzene rings is 2. The number of hydrogen-bond acceptors (Lipinski definition) is 6. The van der Waals surface area contributed by atoms with Crippen molar-refractivity contribution in [2.75, 3.05) is 37.5 Å². The van der Waals surface area contributed by atoms with E-state index < -0.39 is 21.7 Å². The van der Waals surface area contributed by atoms with Gasteiger partial charge in [0.1, 0.15) is 20.8 Å². The molecule has 2 bridgehead atoms. The van der Waals surface area contributed by atoms with Crippen molar-refractivity contribution >= 4 is 39.0 Å². The Bertz CT molecular complexity index is 1950. The number of carbonyl (C=O) groups is 2. The maximum atomic E-state index is 14.5. The van der Waals surface area contributed by atoms with E-state index >= 15 is 0 Å². The van der Waals surface area contributed by atoms with Gasteiger partial charge in [-0.3, -0.25) is 14.3 Å². The molecule has 11 heteroatoms. The van der Waals surface area contributed by atoms with Gasteiger partial charge >= 0.3 is 0 Å². The summed E-state index contributed by atoms with van der Waals surface area (Å²) in [7, 11) is -0.0445. The van der Waals surface area contributed by atoms with E-state index in [1.165, 1.54) is 22.8 Å². The smallest absolute Gasteiger partial charge is 0.286 e. The van der Waals surface area contributed by atoms with Gasteiger partial charge in [-0.25, -0.2) is 4.21 Å². The van der Waals surface area contributed by atoms with Crippen LogP contribution in [-0.2, 0) is 33.5 Å². The molecule has 0 radical (unpaired) electrons. The number of anilines is 1. The summed E-state index contributed by atoms with van der Waals surface area (Å²) in [5, 5.41) is 0.362. The Morgan fingerprint density at radius 3 is 2.76 bits per heavy atom. The summed E-state index contributed by atoms with van der Waals surface area (Å²) in [4.78, 5) is 29.7. The molecule has 1 N–H and O–H groups in total. The van der Waals surface area contributed by atoms with Gasteiger partial charge in [-0.05, 0) is 98.6 Å². The molecule has 3 heterocycles. The number of amides is 2. The number of hydrogen-bond donors (Lipinski definition) is 1. The molecule has 2 aliphatic heterocycles. The normalized spacial score (nSPS) is 30.2. The highest BCUT2D eigenvalue weighted by atomic mass is 35.5. The zero-order chi connectivity index (χ0) is 35.2. The average molecular weight is 719 g/mol. The van der Waals surface area contributed by atoms with Crippen molar-refractivity contribution in [1.82, 2.24) is 9.29 Å².